The van der Waals surface area contributed by atoms with Gasteiger partial charge in [0.1, 0.15) is 11.4 Å². The molecule has 0 bridgehead atoms. The van der Waals surface area contributed by atoms with Crippen molar-refractivity contribution in [3.8, 4) is 16.8 Å². The van der Waals surface area contributed by atoms with Crippen molar-refractivity contribution in [2.24, 2.45) is 5.14 Å². The van der Waals surface area contributed by atoms with Crippen molar-refractivity contribution in [3.05, 3.63) is 100 Å². The molecule has 10 nitrogen and oxygen atoms in total. The Balaban J connectivity index is 1.64. The van der Waals surface area contributed by atoms with Crippen LogP contribution < -0.4 is 10.5 Å². The van der Waals surface area contributed by atoms with E-state index in [1.165, 1.54) is 35.0 Å². The number of carbonyl (C=O) groups is 1. The van der Waals surface area contributed by atoms with Gasteiger partial charge in [0.2, 0.25) is 10.0 Å². The monoisotopic (exact) mass is 477 g/mol. The van der Waals surface area contributed by atoms with E-state index in [-0.39, 0.29) is 22.0 Å². The minimum absolute atomic E-state index is 0.00406. The predicted octanol–water partition coefficient (Wildman–Crippen LogP) is 3.66. The summed E-state index contributed by atoms with van der Waals surface area (Å²) in [4.78, 5) is 23.9. The SMILES string of the molecule is Cc1cc(C(=O)Nc2ccc(-c3ccccc3S(N)(=O)=O)cc2)n(-c2ccccc2[N+](=O)[O-])n1. The maximum absolute atomic E-state index is 13.0. The Hall–Kier alpha value is -4.35. The van der Waals surface area contributed by atoms with Gasteiger partial charge in [-0.15, -0.1) is 0 Å². The highest BCUT2D eigenvalue weighted by molar-refractivity contribution is 7.89. The molecule has 0 unspecified atom stereocenters. The largest absolute Gasteiger partial charge is 0.321 e. The van der Waals surface area contributed by atoms with Gasteiger partial charge in [-0.1, -0.05) is 42.5 Å². The highest BCUT2D eigenvalue weighted by Gasteiger charge is 2.22. The lowest BCUT2D eigenvalue weighted by Crippen LogP contribution is -2.17. The zero-order valence-corrected chi connectivity index (χ0v) is 18.7. The molecule has 0 saturated heterocycles. The molecule has 0 saturated carbocycles. The Morgan fingerprint density at radius 3 is 2.35 bits per heavy atom. The number of nitro groups is 1. The molecule has 11 heteroatoms. The topological polar surface area (TPSA) is 150 Å². The van der Waals surface area contributed by atoms with Gasteiger partial charge in [-0.3, -0.25) is 14.9 Å². The summed E-state index contributed by atoms with van der Waals surface area (Å²) in [5.41, 5.74) is 2.10. The van der Waals surface area contributed by atoms with Crippen molar-refractivity contribution in [3.63, 3.8) is 0 Å². The van der Waals surface area contributed by atoms with Crippen molar-refractivity contribution in [1.29, 1.82) is 0 Å². The van der Waals surface area contributed by atoms with E-state index >= 15 is 0 Å². The molecule has 0 atom stereocenters. The Morgan fingerprint density at radius 1 is 1.03 bits per heavy atom. The summed E-state index contributed by atoms with van der Waals surface area (Å²) in [6, 6.07) is 20.4. The van der Waals surface area contributed by atoms with E-state index < -0.39 is 20.9 Å². The van der Waals surface area contributed by atoms with Crippen molar-refractivity contribution >= 4 is 27.3 Å². The molecule has 0 fully saturated rings. The molecule has 0 aliphatic rings. The van der Waals surface area contributed by atoms with E-state index in [9.17, 15) is 23.3 Å². The molecular weight excluding hydrogens is 458 g/mol. The summed E-state index contributed by atoms with van der Waals surface area (Å²) in [6.45, 7) is 1.68. The number of para-hydroxylation sites is 2. The fourth-order valence-electron chi connectivity index (χ4n) is 3.52. The number of primary sulfonamides is 1. The second-order valence-electron chi connectivity index (χ2n) is 7.40. The van der Waals surface area contributed by atoms with Gasteiger partial charge in [-0.25, -0.2) is 18.2 Å². The summed E-state index contributed by atoms with van der Waals surface area (Å²) in [5, 5.41) is 23.7. The summed E-state index contributed by atoms with van der Waals surface area (Å²) >= 11 is 0. The van der Waals surface area contributed by atoms with Gasteiger partial charge in [-0.2, -0.15) is 5.10 Å². The standard InChI is InChI=1S/C23H19N5O5S/c1-15-14-21(27(26-15)19-7-3-4-8-20(19)28(30)31)23(29)25-17-12-10-16(11-13-17)18-6-2-5-9-22(18)34(24,32)33/h2-14H,1H3,(H,25,29)(H2,24,32,33). The number of nitro benzene ring substituents is 1. The molecule has 3 N–H and O–H groups in total. The molecule has 4 rings (SSSR count). The number of aromatic nitrogens is 2. The number of carbonyl (C=O) groups excluding carboxylic acids is 1. The highest BCUT2D eigenvalue weighted by atomic mass is 32.2. The molecule has 4 aromatic rings. The lowest BCUT2D eigenvalue weighted by atomic mass is 10.1. The molecular formula is C23H19N5O5S. The summed E-state index contributed by atoms with van der Waals surface area (Å²) in [7, 11) is -3.91. The van der Waals surface area contributed by atoms with E-state index in [1.807, 2.05) is 0 Å². The Morgan fingerprint density at radius 2 is 1.68 bits per heavy atom. The molecule has 172 valence electrons. The zero-order valence-electron chi connectivity index (χ0n) is 17.9. The molecule has 1 heterocycles. The summed E-state index contributed by atoms with van der Waals surface area (Å²) in [6.07, 6.45) is 0. The number of aryl methyl sites for hydroxylation is 1. The second-order valence-corrected chi connectivity index (χ2v) is 8.93. The van der Waals surface area contributed by atoms with Gasteiger partial charge < -0.3 is 5.32 Å². The number of sulfonamides is 1. The van der Waals surface area contributed by atoms with Gasteiger partial charge in [-0.05, 0) is 42.8 Å². The molecule has 3 aromatic carbocycles. The maximum Gasteiger partial charge on any atom is 0.294 e. The first-order valence-electron chi connectivity index (χ1n) is 9.99. The van der Waals surface area contributed by atoms with Crippen LogP contribution in [0.1, 0.15) is 16.2 Å². The Bertz CT molecular complexity index is 1510. The fourth-order valence-corrected chi connectivity index (χ4v) is 4.28. The number of amides is 1. The van der Waals surface area contributed by atoms with Crippen LogP contribution in [0.3, 0.4) is 0 Å². The van der Waals surface area contributed by atoms with Crippen LogP contribution in [0.5, 0.6) is 0 Å². The maximum atomic E-state index is 13.0. The first-order valence-corrected chi connectivity index (χ1v) is 11.5. The number of nitrogens with zero attached hydrogens (tertiary/aromatic N) is 3. The quantitative estimate of drug-likeness (QED) is 0.320. The van der Waals surface area contributed by atoms with Gasteiger partial charge in [0.25, 0.3) is 11.6 Å². The first kappa shape index (κ1) is 22.8. The van der Waals surface area contributed by atoms with Crippen molar-refractivity contribution < 1.29 is 18.1 Å². The minimum atomic E-state index is -3.91. The highest BCUT2D eigenvalue weighted by Crippen LogP contribution is 2.28. The second kappa shape index (κ2) is 8.89. The Kier molecular flexibility index (Phi) is 5.97. The average Bonchev–Trinajstić information content (AvgIpc) is 3.20. The Labute approximate surface area is 194 Å². The molecule has 0 aliphatic carbocycles. The molecule has 0 spiro atoms. The van der Waals surface area contributed by atoms with Crippen molar-refractivity contribution in [1.82, 2.24) is 9.78 Å². The van der Waals surface area contributed by atoms with Crippen molar-refractivity contribution in [2.45, 2.75) is 11.8 Å². The van der Waals surface area contributed by atoms with E-state index in [0.717, 1.165) is 0 Å². The van der Waals surface area contributed by atoms with Crippen LogP contribution in [0.2, 0.25) is 0 Å². The third kappa shape index (κ3) is 4.56. The number of hydrogen-bond acceptors (Lipinski definition) is 6. The van der Waals surface area contributed by atoms with E-state index in [1.54, 1.807) is 55.5 Å². The lowest BCUT2D eigenvalue weighted by molar-refractivity contribution is -0.384. The number of nitrogens with one attached hydrogen (secondary N) is 1. The molecule has 0 aliphatic heterocycles. The first-order chi connectivity index (χ1) is 16.1. The average molecular weight is 478 g/mol. The van der Waals surface area contributed by atoms with E-state index in [4.69, 9.17) is 5.14 Å². The van der Waals surface area contributed by atoms with Crippen LogP contribution in [0, 0.1) is 17.0 Å². The zero-order chi connectivity index (χ0) is 24.5. The van der Waals surface area contributed by atoms with Crippen LogP contribution in [0.4, 0.5) is 11.4 Å². The lowest BCUT2D eigenvalue weighted by Gasteiger charge is -2.11. The van der Waals surface area contributed by atoms with Gasteiger partial charge in [0, 0.05) is 17.3 Å². The van der Waals surface area contributed by atoms with Crippen LogP contribution in [0.25, 0.3) is 16.8 Å². The number of anilines is 1. The number of rotatable bonds is 6. The minimum Gasteiger partial charge on any atom is -0.321 e. The molecule has 0 radical (unpaired) electrons. The third-order valence-corrected chi connectivity index (χ3v) is 5.99. The van der Waals surface area contributed by atoms with Gasteiger partial charge >= 0.3 is 0 Å². The van der Waals surface area contributed by atoms with E-state index in [0.29, 0.717) is 22.5 Å². The number of hydrogen-bond donors (Lipinski definition) is 2. The van der Waals surface area contributed by atoms with Crippen LogP contribution >= 0.6 is 0 Å². The summed E-state index contributed by atoms with van der Waals surface area (Å²) in [5.74, 6) is -0.517. The number of nitrogens with two attached hydrogens (primary N) is 1. The van der Waals surface area contributed by atoms with Crippen molar-refractivity contribution in [2.75, 3.05) is 5.32 Å². The predicted molar refractivity (Wildman–Crippen MR) is 126 cm³/mol. The summed E-state index contributed by atoms with van der Waals surface area (Å²) < 4.78 is 25.0. The van der Waals surface area contributed by atoms with Crippen LogP contribution in [-0.4, -0.2) is 29.0 Å². The fraction of sp³-hybridized carbons (Fsp3) is 0.0435. The normalized spacial score (nSPS) is 11.2. The van der Waals surface area contributed by atoms with Crippen LogP contribution in [0.15, 0.2) is 83.8 Å². The van der Waals surface area contributed by atoms with Gasteiger partial charge in [0.15, 0.2) is 0 Å². The van der Waals surface area contributed by atoms with Crippen LogP contribution in [-0.2, 0) is 10.0 Å². The van der Waals surface area contributed by atoms with Gasteiger partial charge in [0.05, 0.1) is 15.5 Å². The van der Waals surface area contributed by atoms with E-state index in [2.05, 4.69) is 10.4 Å². The molecule has 1 amide bonds. The number of benzene rings is 3. The molecule has 1 aromatic heterocycles. The molecule has 34 heavy (non-hydrogen) atoms. The smallest absolute Gasteiger partial charge is 0.294 e. The third-order valence-electron chi connectivity index (χ3n) is 5.02.